The topological polar surface area (TPSA) is 86.7 Å². The number of esters is 2. The molecule has 2 atom stereocenters. The van der Waals surface area contributed by atoms with Crippen LogP contribution in [0.1, 0.15) is 32.6 Å². The Kier molecular flexibility index (Phi) is 11.9. The molecule has 8 heteroatoms. The Morgan fingerprint density at radius 2 is 1.39 bits per heavy atom. The summed E-state index contributed by atoms with van der Waals surface area (Å²) >= 11 is 0. The summed E-state index contributed by atoms with van der Waals surface area (Å²) < 4.78 is 9.31. The molecule has 23 heavy (non-hydrogen) atoms. The smallest absolute Gasteiger partial charge is 0.309 e. The van der Waals surface area contributed by atoms with E-state index in [4.69, 9.17) is 0 Å². The molecule has 0 heterocycles. The highest BCUT2D eigenvalue weighted by Gasteiger charge is 2.26. The second-order valence-electron chi connectivity index (χ2n) is 4.96. The minimum Gasteiger partial charge on any atom is -0.469 e. The van der Waals surface area contributed by atoms with Crippen molar-refractivity contribution in [1.29, 1.82) is 0 Å². The molecule has 0 radical (unpaired) electrons. The first-order chi connectivity index (χ1) is 10.9. The third kappa shape index (κ3) is 9.00. The number of hydrogen-bond donors (Lipinski definition) is 0. The predicted molar refractivity (Wildman–Crippen MR) is 91.1 cm³/mol. The summed E-state index contributed by atoms with van der Waals surface area (Å²) in [6, 6.07) is 0. The summed E-state index contributed by atoms with van der Waals surface area (Å²) in [5, 5.41) is 0. The Bertz CT molecular complexity index is 424. The van der Waals surface area contributed by atoms with Crippen LogP contribution < -0.4 is 0 Å². The Hall–Kier alpha value is -1.02. The summed E-state index contributed by atoms with van der Waals surface area (Å²) in [5.41, 5.74) is 0. The summed E-state index contributed by atoms with van der Waals surface area (Å²) in [6.07, 6.45) is 2.03. The van der Waals surface area contributed by atoms with Gasteiger partial charge in [0.05, 0.1) is 32.5 Å². The number of ketones is 2. The summed E-state index contributed by atoms with van der Waals surface area (Å²) in [5.74, 6) is -2.15. The lowest BCUT2D eigenvalue weighted by Crippen LogP contribution is -2.24. The van der Waals surface area contributed by atoms with Gasteiger partial charge in [0, 0.05) is 18.6 Å². The van der Waals surface area contributed by atoms with Gasteiger partial charge in [-0.3, -0.25) is 19.2 Å². The van der Waals surface area contributed by atoms with Crippen molar-refractivity contribution in [2.24, 2.45) is 11.8 Å². The second-order valence-corrected chi connectivity index (χ2v) is 7.57. The zero-order chi connectivity index (χ0) is 17.8. The monoisotopic (exact) mass is 364 g/mol. The molecule has 0 aliphatic carbocycles. The van der Waals surface area contributed by atoms with Crippen molar-refractivity contribution in [2.75, 3.05) is 26.2 Å². The van der Waals surface area contributed by atoms with E-state index >= 15 is 0 Å². The van der Waals surface area contributed by atoms with Crippen LogP contribution in [-0.2, 0) is 28.7 Å². The van der Waals surface area contributed by atoms with Crippen molar-refractivity contribution in [3.05, 3.63) is 0 Å². The second kappa shape index (κ2) is 12.4. The molecule has 0 N–H and O–H groups in total. The van der Waals surface area contributed by atoms with E-state index in [1.165, 1.54) is 35.8 Å². The number of carbonyl (C=O) groups is 4. The van der Waals surface area contributed by atoms with E-state index in [1.807, 2.05) is 6.26 Å². The minimum atomic E-state index is -0.555. The number of rotatable bonds is 12. The molecule has 0 saturated carbocycles. The zero-order valence-corrected chi connectivity index (χ0v) is 15.6. The number of ether oxygens (including phenoxy) is 2. The van der Waals surface area contributed by atoms with Crippen molar-refractivity contribution >= 4 is 45.1 Å². The van der Waals surface area contributed by atoms with E-state index in [9.17, 15) is 19.2 Å². The van der Waals surface area contributed by atoms with Crippen LogP contribution in [0.5, 0.6) is 0 Å². The predicted octanol–water partition coefficient (Wildman–Crippen LogP) is 2.29. The fourth-order valence-corrected chi connectivity index (χ4v) is 3.46. The highest BCUT2D eigenvalue weighted by atomic mass is 33.1. The molecule has 2 unspecified atom stereocenters. The van der Waals surface area contributed by atoms with Crippen LogP contribution in [0.25, 0.3) is 0 Å². The van der Waals surface area contributed by atoms with E-state index in [-0.39, 0.29) is 30.8 Å². The van der Waals surface area contributed by atoms with Gasteiger partial charge in [0.25, 0.3) is 0 Å². The summed E-state index contributed by atoms with van der Waals surface area (Å²) in [4.78, 5) is 47.0. The quantitative estimate of drug-likeness (QED) is 0.296. The minimum absolute atomic E-state index is 0.0165. The first-order valence-corrected chi connectivity index (χ1v) is 9.96. The van der Waals surface area contributed by atoms with Crippen molar-refractivity contribution in [3.63, 3.8) is 0 Å². The molecule has 0 aliphatic rings. The lowest BCUT2D eigenvalue weighted by Gasteiger charge is -2.13. The van der Waals surface area contributed by atoms with E-state index in [2.05, 4.69) is 9.47 Å². The Morgan fingerprint density at radius 1 is 0.913 bits per heavy atom. The van der Waals surface area contributed by atoms with Crippen LogP contribution >= 0.6 is 21.6 Å². The van der Waals surface area contributed by atoms with Gasteiger partial charge in [-0.25, -0.2) is 0 Å². The van der Waals surface area contributed by atoms with Gasteiger partial charge in [0.15, 0.2) is 0 Å². The van der Waals surface area contributed by atoms with Crippen LogP contribution in [0, 0.1) is 11.8 Å². The highest BCUT2D eigenvalue weighted by Crippen LogP contribution is 2.23. The van der Waals surface area contributed by atoms with Gasteiger partial charge < -0.3 is 9.47 Å². The highest BCUT2D eigenvalue weighted by molar-refractivity contribution is 8.76. The maximum atomic E-state index is 12.0. The van der Waals surface area contributed by atoms with Crippen LogP contribution in [-0.4, -0.2) is 49.7 Å². The van der Waals surface area contributed by atoms with Crippen LogP contribution in [0.15, 0.2) is 0 Å². The Balaban J connectivity index is 4.51. The average molecular weight is 364 g/mol. The zero-order valence-electron chi connectivity index (χ0n) is 14.0. The SMILES string of the molecule is CCC(CC(=O)CC(=O)CC(CSSC)C(=O)OC)C(=O)OC. The first kappa shape index (κ1) is 22.0. The van der Waals surface area contributed by atoms with Crippen LogP contribution in [0.2, 0.25) is 0 Å². The molecular formula is C15H24O6S2. The molecule has 0 saturated heterocycles. The summed E-state index contributed by atoms with van der Waals surface area (Å²) in [7, 11) is 5.50. The largest absolute Gasteiger partial charge is 0.469 e. The lowest BCUT2D eigenvalue weighted by atomic mass is 9.95. The maximum Gasteiger partial charge on any atom is 0.309 e. The maximum absolute atomic E-state index is 12.0. The molecule has 0 aromatic rings. The fourth-order valence-electron chi connectivity index (χ4n) is 2.00. The van der Waals surface area contributed by atoms with E-state index < -0.39 is 23.8 Å². The third-order valence-corrected chi connectivity index (χ3v) is 5.18. The third-order valence-electron chi connectivity index (χ3n) is 3.29. The number of carbonyl (C=O) groups excluding carboxylic acids is 4. The van der Waals surface area contributed by atoms with Crippen LogP contribution in [0.4, 0.5) is 0 Å². The molecule has 0 fully saturated rings. The van der Waals surface area contributed by atoms with Gasteiger partial charge in [-0.05, 0) is 12.7 Å². The van der Waals surface area contributed by atoms with E-state index in [1.54, 1.807) is 6.92 Å². The number of hydrogen-bond acceptors (Lipinski definition) is 8. The molecule has 132 valence electrons. The molecule has 0 aliphatic heterocycles. The molecule has 0 rings (SSSR count). The van der Waals surface area contributed by atoms with Gasteiger partial charge in [-0.1, -0.05) is 28.5 Å². The average Bonchev–Trinajstić information content (AvgIpc) is 2.54. The van der Waals surface area contributed by atoms with Gasteiger partial charge >= 0.3 is 11.9 Å². The molecule has 6 nitrogen and oxygen atoms in total. The van der Waals surface area contributed by atoms with Crippen molar-refractivity contribution in [2.45, 2.75) is 32.6 Å². The first-order valence-electron chi connectivity index (χ1n) is 7.24. The van der Waals surface area contributed by atoms with Gasteiger partial charge in [0.2, 0.25) is 0 Å². The molecule has 0 bridgehead atoms. The van der Waals surface area contributed by atoms with Gasteiger partial charge in [-0.2, -0.15) is 0 Å². The standard InChI is InChI=1S/C15H24O6S2/c1-5-10(14(18)20-2)6-12(16)8-13(17)7-11(9-23-22-4)15(19)21-3/h10-11H,5-9H2,1-4H3. The van der Waals surface area contributed by atoms with Gasteiger partial charge in [0.1, 0.15) is 11.6 Å². The molecule has 0 amide bonds. The van der Waals surface area contributed by atoms with E-state index in [0.717, 1.165) is 0 Å². The molecule has 0 spiro atoms. The normalized spacial score (nSPS) is 13.0. The van der Waals surface area contributed by atoms with Crippen molar-refractivity contribution in [1.82, 2.24) is 0 Å². The fraction of sp³-hybridized carbons (Fsp3) is 0.733. The van der Waals surface area contributed by atoms with Crippen molar-refractivity contribution in [3.8, 4) is 0 Å². The molecule has 0 aromatic heterocycles. The Labute approximate surface area is 144 Å². The molecule has 0 aromatic carbocycles. The Morgan fingerprint density at radius 3 is 1.83 bits per heavy atom. The van der Waals surface area contributed by atoms with Crippen LogP contribution in [0.3, 0.4) is 0 Å². The summed E-state index contributed by atoms with van der Waals surface area (Å²) in [6.45, 7) is 1.78. The number of methoxy groups -OCH3 is 2. The van der Waals surface area contributed by atoms with Crippen molar-refractivity contribution < 1.29 is 28.7 Å². The van der Waals surface area contributed by atoms with E-state index in [0.29, 0.717) is 12.2 Å². The number of Topliss-reactive ketones (excluding diaryl/α,β-unsaturated/α-hetero) is 2. The molecular weight excluding hydrogens is 340 g/mol. The lowest BCUT2D eigenvalue weighted by molar-refractivity contribution is -0.147. The van der Waals surface area contributed by atoms with Gasteiger partial charge in [-0.15, -0.1) is 0 Å².